The molecule has 0 saturated carbocycles. The number of carbonyl (C=O) groups is 2. The van der Waals surface area contributed by atoms with Crippen molar-refractivity contribution in [1.82, 2.24) is 15.5 Å². The van der Waals surface area contributed by atoms with E-state index < -0.39 is 0 Å². The predicted octanol–water partition coefficient (Wildman–Crippen LogP) is -0.445. The Balaban J connectivity index is 1.65. The molecule has 0 spiro atoms. The molecule has 0 aromatic heterocycles. The normalized spacial score (nSPS) is 20.5. The van der Waals surface area contributed by atoms with Crippen LogP contribution in [0.5, 0.6) is 0 Å². The number of nitrogens with one attached hydrogen (secondary N) is 2. The fourth-order valence-electron chi connectivity index (χ4n) is 2.70. The molecule has 0 radical (unpaired) electrons. The molecular weight excluding hydrogens is 268 g/mol. The zero-order valence-corrected chi connectivity index (χ0v) is 12.0. The summed E-state index contributed by atoms with van der Waals surface area (Å²) in [6, 6.07) is 7.93. The summed E-state index contributed by atoms with van der Waals surface area (Å²) in [6.07, 6.45) is 0. The van der Waals surface area contributed by atoms with Gasteiger partial charge in [0.25, 0.3) is 0 Å². The molecule has 0 unspecified atom stereocenters. The Labute approximate surface area is 124 Å². The van der Waals surface area contributed by atoms with Crippen LogP contribution in [0, 0.1) is 0 Å². The summed E-state index contributed by atoms with van der Waals surface area (Å²) in [6.45, 7) is 5.32. The van der Waals surface area contributed by atoms with E-state index >= 15 is 0 Å². The maximum atomic E-state index is 11.8. The summed E-state index contributed by atoms with van der Waals surface area (Å²) in [4.78, 5) is 27.2. The highest BCUT2D eigenvalue weighted by Crippen LogP contribution is 2.17. The van der Waals surface area contributed by atoms with Gasteiger partial charge in [0, 0.05) is 38.4 Å². The van der Waals surface area contributed by atoms with Gasteiger partial charge in [-0.1, -0.05) is 12.1 Å². The number of hydrogen-bond acceptors (Lipinski definition) is 4. The van der Waals surface area contributed by atoms with E-state index in [-0.39, 0.29) is 24.9 Å². The molecule has 0 atom stereocenters. The van der Waals surface area contributed by atoms with Crippen molar-refractivity contribution in [2.24, 2.45) is 0 Å². The molecule has 2 aliphatic heterocycles. The Morgan fingerprint density at radius 1 is 1.05 bits per heavy atom. The van der Waals surface area contributed by atoms with Crippen LogP contribution < -0.4 is 15.5 Å². The first kappa shape index (κ1) is 14.0. The van der Waals surface area contributed by atoms with Crippen LogP contribution in [-0.4, -0.2) is 56.0 Å². The summed E-state index contributed by atoms with van der Waals surface area (Å²) in [7, 11) is 0. The van der Waals surface area contributed by atoms with Crippen molar-refractivity contribution >= 4 is 17.5 Å². The van der Waals surface area contributed by atoms with Gasteiger partial charge in [-0.25, -0.2) is 0 Å². The maximum absolute atomic E-state index is 11.8. The molecule has 2 fully saturated rings. The van der Waals surface area contributed by atoms with Gasteiger partial charge >= 0.3 is 0 Å². The smallest absolute Gasteiger partial charge is 0.246 e. The lowest BCUT2D eigenvalue weighted by Gasteiger charge is -2.28. The van der Waals surface area contributed by atoms with Gasteiger partial charge in [0.15, 0.2) is 0 Å². The second kappa shape index (κ2) is 6.24. The van der Waals surface area contributed by atoms with Gasteiger partial charge in [0.05, 0.1) is 6.54 Å². The van der Waals surface area contributed by atoms with Crippen LogP contribution in [0.4, 0.5) is 5.69 Å². The largest absolute Gasteiger partial charge is 0.345 e. The molecule has 112 valence electrons. The monoisotopic (exact) mass is 288 g/mol. The van der Waals surface area contributed by atoms with Crippen LogP contribution in [0.3, 0.4) is 0 Å². The van der Waals surface area contributed by atoms with E-state index in [9.17, 15) is 9.59 Å². The summed E-state index contributed by atoms with van der Waals surface area (Å²) < 4.78 is 0. The van der Waals surface area contributed by atoms with Crippen LogP contribution >= 0.6 is 0 Å². The van der Waals surface area contributed by atoms with Crippen LogP contribution in [0.1, 0.15) is 5.56 Å². The molecule has 2 amide bonds. The fraction of sp³-hybridized carbons (Fsp3) is 0.467. The predicted molar refractivity (Wildman–Crippen MR) is 80.0 cm³/mol. The number of hydrogen-bond donors (Lipinski definition) is 2. The zero-order chi connectivity index (χ0) is 14.7. The van der Waals surface area contributed by atoms with Crippen molar-refractivity contribution in [3.8, 4) is 0 Å². The van der Waals surface area contributed by atoms with Gasteiger partial charge < -0.3 is 15.5 Å². The molecule has 6 nitrogen and oxygen atoms in total. The number of piperazine rings is 2. The average molecular weight is 288 g/mol. The van der Waals surface area contributed by atoms with Crippen LogP contribution in [0.2, 0.25) is 0 Å². The van der Waals surface area contributed by atoms with E-state index in [1.165, 1.54) is 10.5 Å². The molecule has 1 aromatic rings. The third-order valence-electron chi connectivity index (χ3n) is 3.90. The summed E-state index contributed by atoms with van der Waals surface area (Å²) in [5, 5.41) is 5.89. The maximum Gasteiger partial charge on any atom is 0.246 e. The van der Waals surface area contributed by atoms with Crippen molar-refractivity contribution in [3.05, 3.63) is 29.8 Å². The molecule has 6 heteroatoms. The number of nitrogens with zero attached hydrogens (tertiary/aromatic N) is 2. The lowest BCUT2D eigenvalue weighted by molar-refractivity contribution is -0.128. The van der Waals surface area contributed by atoms with Gasteiger partial charge in [0.1, 0.15) is 6.54 Å². The number of benzene rings is 1. The van der Waals surface area contributed by atoms with Gasteiger partial charge in [-0.15, -0.1) is 0 Å². The molecule has 3 rings (SSSR count). The SMILES string of the molecule is O=C1CN(c2ccc(CN3CCNCC3)cc2)C(=O)CN1. The Bertz CT molecular complexity index is 523. The van der Waals surface area contributed by atoms with Crippen molar-refractivity contribution in [1.29, 1.82) is 0 Å². The minimum atomic E-state index is -0.112. The highest BCUT2D eigenvalue weighted by molar-refractivity contribution is 6.04. The second-order valence-electron chi connectivity index (χ2n) is 5.45. The van der Waals surface area contributed by atoms with Crippen molar-refractivity contribution in [2.45, 2.75) is 6.54 Å². The van der Waals surface area contributed by atoms with Gasteiger partial charge in [-0.3, -0.25) is 14.5 Å². The number of rotatable bonds is 3. The minimum Gasteiger partial charge on any atom is -0.345 e. The average Bonchev–Trinajstić information content (AvgIpc) is 2.52. The standard InChI is InChI=1S/C15H20N4O2/c20-14-11-19(15(21)9-17-14)13-3-1-12(2-4-13)10-18-7-5-16-6-8-18/h1-4,16H,5-11H2,(H,17,20). The Kier molecular flexibility index (Phi) is 4.17. The lowest BCUT2D eigenvalue weighted by Crippen LogP contribution is -2.51. The first-order valence-electron chi connectivity index (χ1n) is 7.31. The van der Waals surface area contributed by atoms with Crippen LogP contribution in [0.15, 0.2) is 24.3 Å². The summed E-state index contributed by atoms with van der Waals surface area (Å²) in [5.74, 6) is -0.177. The van der Waals surface area contributed by atoms with E-state index in [0.29, 0.717) is 0 Å². The number of anilines is 1. The first-order valence-corrected chi connectivity index (χ1v) is 7.31. The van der Waals surface area contributed by atoms with Crippen LogP contribution in [0.25, 0.3) is 0 Å². The Morgan fingerprint density at radius 2 is 1.76 bits per heavy atom. The third-order valence-corrected chi connectivity index (χ3v) is 3.90. The van der Waals surface area contributed by atoms with Crippen molar-refractivity contribution < 1.29 is 9.59 Å². The number of carbonyl (C=O) groups excluding carboxylic acids is 2. The van der Waals surface area contributed by atoms with Crippen molar-refractivity contribution in [2.75, 3.05) is 44.2 Å². The molecule has 2 heterocycles. The molecule has 0 bridgehead atoms. The van der Waals surface area contributed by atoms with Gasteiger partial charge in [-0.2, -0.15) is 0 Å². The molecular formula is C15H20N4O2. The summed E-state index contributed by atoms with van der Waals surface area (Å²) >= 11 is 0. The molecule has 1 aromatic carbocycles. The van der Waals surface area contributed by atoms with Crippen molar-refractivity contribution in [3.63, 3.8) is 0 Å². The molecule has 2 N–H and O–H groups in total. The molecule has 2 aliphatic rings. The highest BCUT2D eigenvalue weighted by atomic mass is 16.2. The van der Waals surface area contributed by atoms with E-state index in [1.807, 2.05) is 24.3 Å². The van der Waals surface area contributed by atoms with Crippen LogP contribution in [-0.2, 0) is 16.1 Å². The molecule has 2 saturated heterocycles. The fourth-order valence-corrected chi connectivity index (χ4v) is 2.70. The zero-order valence-electron chi connectivity index (χ0n) is 12.0. The minimum absolute atomic E-state index is 0.0653. The quantitative estimate of drug-likeness (QED) is 0.791. The molecule has 21 heavy (non-hydrogen) atoms. The van der Waals surface area contributed by atoms with E-state index in [0.717, 1.165) is 38.4 Å². The van der Waals surface area contributed by atoms with Gasteiger partial charge in [-0.05, 0) is 17.7 Å². The van der Waals surface area contributed by atoms with Gasteiger partial charge in [0.2, 0.25) is 11.8 Å². The van der Waals surface area contributed by atoms with E-state index in [1.54, 1.807) is 0 Å². The molecule has 0 aliphatic carbocycles. The van der Waals surface area contributed by atoms with E-state index in [2.05, 4.69) is 15.5 Å². The lowest BCUT2D eigenvalue weighted by atomic mass is 10.1. The Hall–Kier alpha value is -1.92. The topological polar surface area (TPSA) is 64.7 Å². The summed E-state index contributed by atoms with van der Waals surface area (Å²) in [5.41, 5.74) is 2.02. The van der Waals surface area contributed by atoms with E-state index in [4.69, 9.17) is 0 Å². The number of amides is 2. The second-order valence-corrected chi connectivity index (χ2v) is 5.45. The highest BCUT2D eigenvalue weighted by Gasteiger charge is 2.24. The third kappa shape index (κ3) is 3.40. The Morgan fingerprint density at radius 3 is 2.48 bits per heavy atom. The first-order chi connectivity index (χ1) is 10.2.